The smallest absolute Gasteiger partial charge is 0.393 e. The number of rotatable bonds is 12. The minimum absolute atomic E-state index is 0.261. The lowest BCUT2D eigenvalue weighted by Crippen LogP contribution is -2.45. The fraction of sp³-hybridized carbons (Fsp3) is 0.462. The van der Waals surface area contributed by atoms with Crippen LogP contribution in [0.2, 0.25) is 0 Å². The second-order valence-electron chi connectivity index (χ2n) is 8.62. The fourth-order valence-electron chi connectivity index (χ4n) is 4.27. The maximum absolute atomic E-state index is 12.7. The van der Waals surface area contributed by atoms with E-state index in [1.165, 1.54) is 0 Å². The maximum Gasteiger partial charge on any atom is 0.393 e. The molecular formula is C26H34F3N3. The van der Waals surface area contributed by atoms with Crippen molar-refractivity contribution in [2.75, 3.05) is 13.1 Å². The van der Waals surface area contributed by atoms with Crippen LogP contribution in [0.5, 0.6) is 0 Å². The molecule has 0 aromatic heterocycles. The lowest BCUT2D eigenvalue weighted by atomic mass is 9.62. The van der Waals surface area contributed by atoms with Gasteiger partial charge >= 0.3 is 6.18 Å². The number of alkyl halides is 3. The van der Waals surface area contributed by atoms with Gasteiger partial charge in [0, 0.05) is 35.5 Å². The van der Waals surface area contributed by atoms with Gasteiger partial charge in [-0.05, 0) is 30.4 Å². The summed E-state index contributed by atoms with van der Waals surface area (Å²) >= 11 is 0. The van der Waals surface area contributed by atoms with Crippen LogP contribution in [0.4, 0.5) is 13.2 Å². The van der Waals surface area contributed by atoms with Crippen molar-refractivity contribution in [2.24, 2.45) is 5.73 Å². The Labute approximate surface area is 190 Å². The van der Waals surface area contributed by atoms with Gasteiger partial charge in [-0.1, -0.05) is 63.3 Å². The fourth-order valence-corrected chi connectivity index (χ4v) is 4.27. The molecule has 3 nitrogen and oxygen atoms in total. The second-order valence-corrected chi connectivity index (χ2v) is 8.62. The lowest BCUT2D eigenvalue weighted by Gasteiger charge is -2.48. The molecule has 0 spiro atoms. The standard InChI is InChI=1S/C26H34F3N3/c1-6-15-32(18-20(4)31-24(7-2)16-19(3)30)21(5)25(13-8-14-25)23-11-9-22(10-12-23)17-26(27,28)29/h2,9-12,24,31H,3-6,8,13-18,30H2,1H3. The molecule has 0 aliphatic heterocycles. The number of hydrogen-bond acceptors (Lipinski definition) is 3. The Balaban J connectivity index is 2.17. The number of hydrogen-bond donors (Lipinski definition) is 2. The van der Waals surface area contributed by atoms with E-state index in [-0.39, 0.29) is 17.0 Å². The van der Waals surface area contributed by atoms with Gasteiger partial charge in [-0.15, -0.1) is 6.42 Å². The highest BCUT2D eigenvalue weighted by molar-refractivity contribution is 5.39. The van der Waals surface area contributed by atoms with Crippen LogP contribution >= 0.6 is 0 Å². The number of nitrogens with two attached hydrogens (primary N) is 1. The van der Waals surface area contributed by atoms with Crippen molar-refractivity contribution < 1.29 is 13.2 Å². The van der Waals surface area contributed by atoms with Crippen LogP contribution in [-0.2, 0) is 11.8 Å². The first-order chi connectivity index (χ1) is 15.0. The molecule has 3 N–H and O–H groups in total. The van der Waals surface area contributed by atoms with E-state index in [1.54, 1.807) is 12.1 Å². The van der Waals surface area contributed by atoms with E-state index in [2.05, 4.69) is 42.8 Å². The van der Waals surface area contributed by atoms with E-state index >= 15 is 0 Å². The normalized spacial score (nSPS) is 15.7. The summed E-state index contributed by atoms with van der Waals surface area (Å²) in [6, 6.07) is 6.53. The summed E-state index contributed by atoms with van der Waals surface area (Å²) in [6.07, 6.45) is 4.74. The monoisotopic (exact) mass is 445 g/mol. The van der Waals surface area contributed by atoms with Gasteiger partial charge in [0.05, 0.1) is 19.0 Å². The van der Waals surface area contributed by atoms with E-state index in [9.17, 15) is 13.2 Å². The van der Waals surface area contributed by atoms with Gasteiger partial charge in [0.15, 0.2) is 0 Å². The van der Waals surface area contributed by atoms with Crippen LogP contribution in [0.1, 0.15) is 50.2 Å². The summed E-state index contributed by atoms with van der Waals surface area (Å²) in [5, 5.41) is 3.24. The van der Waals surface area contributed by atoms with Gasteiger partial charge in [0.1, 0.15) is 0 Å². The average molecular weight is 446 g/mol. The van der Waals surface area contributed by atoms with Crippen molar-refractivity contribution in [2.45, 2.75) is 63.1 Å². The Morgan fingerprint density at radius 3 is 2.31 bits per heavy atom. The highest BCUT2D eigenvalue weighted by atomic mass is 19.4. The molecule has 0 heterocycles. The maximum atomic E-state index is 12.7. The SMILES string of the molecule is C#CC(CC(=C)N)NC(=C)CN(CCC)C(=C)C1(c2ccc(CC(F)(F)F)cc2)CCC1. The number of benzene rings is 1. The molecule has 1 fully saturated rings. The summed E-state index contributed by atoms with van der Waals surface area (Å²) in [6.45, 7) is 15.7. The van der Waals surface area contributed by atoms with Crippen molar-refractivity contribution in [3.63, 3.8) is 0 Å². The first-order valence-electron chi connectivity index (χ1n) is 10.9. The number of nitrogens with zero attached hydrogens (tertiary/aromatic N) is 1. The molecule has 1 aromatic rings. The average Bonchev–Trinajstić information content (AvgIpc) is 2.66. The Morgan fingerprint density at radius 2 is 1.88 bits per heavy atom. The van der Waals surface area contributed by atoms with Gasteiger partial charge in [-0.3, -0.25) is 0 Å². The van der Waals surface area contributed by atoms with Crippen LogP contribution in [0.25, 0.3) is 0 Å². The number of halogens is 3. The van der Waals surface area contributed by atoms with E-state index in [4.69, 9.17) is 12.2 Å². The molecule has 0 amide bonds. The van der Waals surface area contributed by atoms with Crippen LogP contribution in [-0.4, -0.2) is 30.2 Å². The van der Waals surface area contributed by atoms with Crippen LogP contribution < -0.4 is 11.1 Å². The minimum atomic E-state index is -4.21. The van der Waals surface area contributed by atoms with Crippen molar-refractivity contribution in [1.29, 1.82) is 0 Å². The summed E-state index contributed by atoms with van der Waals surface area (Å²) < 4.78 is 38.2. The third-order valence-electron chi connectivity index (χ3n) is 5.97. The molecule has 1 unspecified atom stereocenters. The van der Waals surface area contributed by atoms with Crippen LogP contribution in [0.3, 0.4) is 0 Å². The topological polar surface area (TPSA) is 41.3 Å². The van der Waals surface area contributed by atoms with Crippen molar-refractivity contribution in [1.82, 2.24) is 10.2 Å². The minimum Gasteiger partial charge on any atom is -0.402 e. The molecule has 1 atom stereocenters. The van der Waals surface area contributed by atoms with E-state index in [0.717, 1.165) is 49.2 Å². The second kappa shape index (κ2) is 10.7. The largest absolute Gasteiger partial charge is 0.402 e. The van der Waals surface area contributed by atoms with Crippen molar-refractivity contribution in [3.8, 4) is 12.3 Å². The molecule has 174 valence electrons. The predicted molar refractivity (Wildman–Crippen MR) is 126 cm³/mol. The Hall–Kier alpha value is -2.81. The lowest BCUT2D eigenvalue weighted by molar-refractivity contribution is -0.127. The van der Waals surface area contributed by atoms with Gasteiger partial charge < -0.3 is 16.0 Å². The first kappa shape index (κ1) is 25.5. The first-order valence-corrected chi connectivity index (χ1v) is 10.9. The quantitative estimate of drug-likeness (QED) is 0.423. The molecule has 1 aliphatic carbocycles. The molecule has 6 heteroatoms. The molecule has 0 radical (unpaired) electrons. The highest BCUT2D eigenvalue weighted by Crippen LogP contribution is 2.50. The summed E-state index contributed by atoms with van der Waals surface area (Å²) in [7, 11) is 0. The van der Waals surface area contributed by atoms with Gasteiger partial charge in [-0.25, -0.2) is 0 Å². The Morgan fingerprint density at radius 1 is 1.25 bits per heavy atom. The molecule has 32 heavy (non-hydrogen) atoms. The number of nitrogens with one attached hydrogen (secondary N) is 1. The summed E-state index contributed by atoms with van der Waals surface area (Å²) in [5.74, 6) is 2.66. The third-order valence-corrected chi connectivity index (χ3v) is 5.97. The number of terminal acetylenes is 1. The highest BCUT2D eigenvalue weighted by Gasteiger charge is 2.43. The molecule has 1 saturated carbocycles. The van der Waals surface area contributed by atoms with E-state index in [1.807, 2.05) is 12.1 Å². The summed E-state index contributed by atoms with van der Waals surface area (Å²) in [5.41, 5.74) is 8.95. The van der Waals surface area contributed by atoms with E-state index in [0.29, 0.717) is 18.7 Å². The Kier molecular flexibility index (Phi) is 8.49. The predicted octanol–water partition coefficient (Wildman–Crippen LogP) is 5.41. The van der Waals surface area contributed by atoms with Crippen LogP contribution in [0.15, 0.2) is 61.1 Å². The van der Waals surface area contributed by atoms with Gasteiger partial charge in [-0.2, -0.15) is 13.2 Å². The van der Waals surface area contributed by atoms with Gasteiger partial charge in [0.25, 0.3) is 0 Å². The van der Waals surface area contributed by atoms with Gasteiger partial charge in [0.2, 0.25) is 0 Å². The molecule has 0 saturated heterocycles. The molecule has 1 aromatic carbocycles. The molecular weight excluding hydrogens is 411 g/mol. The zero-order chi connectivity index (χ0) is 23.9. The molecule has 0 bridgehead atoms. The number of allylic oxidation sites excluding steroid dienone is 1. The molecule has 1 aliphatic rings. The van der Waals surface area contributed by atoms with Crippen molar-refractivity contribution in [3.05, 3.63) is 72.2 Å². The zero-order valence-corrected chi connectivity index (χ0v) is 18.9. The summed E-state index contributed by atoms with van der Waals surface area (Å²) in [4.78, 5) is 2.20. The van der Waals surface area contributed by atoms with Crippen molar-refractivity contribution >= 4 is 0 Å². The van der Waals surface area contributed by atoms with Crippen LogP contribution in [0, 0.1) is 12.3 Å². The molecule has 2 rings (SSSR count). The Bertz CT molecular complexity index is 858. The zero-order valence-electron chi connectivity index (χ0n) is 18.9. The van der Waals surface area contributed by atoms with E-state index < -0.39 is 12.6 Å². The third kappa shape index (κ3) is 6.59.